The monoisotopic (exact) mass is 289 g/mol. The zero-order valence-corrected chi connectivity index (χ0v) is 9.95. The molecule has 0 atom stereocenters. The third-order valence-electron chi connectivity index (χ3n) is 1.50. The summed E-state index contributed by atoms with van der Waals surface area (Å²) in [6, 6.07) is 3.83. The molecule has 0 saturated carbocycles. The molecule has 0 aromatic carbocycles. The fourth-order valence-corrected chi connectivity index (χ4v) is 3.12. The molecule has 0 aliphatic heterocycles. The lowest BCUT2D eigenvalue weighted by Gasteiger charge is -1.85. The summed E-state index contributed by atoms with van der Waals surface area (Å²) in [7, 11) is 0. The number of nitrogens with zero attached hydrogens (tertiary/aromatic N) is 1. The number of carbonyl (C=O) groups is 1. The zero-order valence-electron chi connectivity index (χ0n) is 6.73. The van der Waals surface area contributed by atoms with Crippen LogP contribution >= 0.6 is 38.6 Å². The highest BCUT2D eigenvalue weighted by Gasteiger charge is 2.11. The molecule has 3 nitrogen and oxygen atoms in total. The van der Waals surface area contributed by atoms with Gasteiger partial charge in [0, 0.05) is 0 Å². The minimum absolute atomic E-state index is 0.268. The van der Waals surface area contributed by atoms with Crippen molar-refractivity contribution >= 4 is 44.6 Å². The third-order valence-corrected chi connectivity index (χ3v) is 4.28. The number of thiophene rings is 1. The van der Waals surface area contributed by atoms with Gasteiger partial charge in [0.1, 0.15) is 9.88 Å². The zero-order chi connectivity index (χ0) is 10.1. The quantitative estimate of drug-likeness (QED) is 0.923. The van der Waals surface area contributed by atoms with Gasteiger partial charge in [0.2, 0.25) is 0 Å². The van der Waals surface area contributed by atoms with Crippen LogP contribution in [0.5, 0.6) is 0 Å². The number of rotatable bonds is 2. The van der Waals surface area contributed by atoms with E-state index in [1.165, 1.54) is 28.9 Å². The highest BCUT2D eigenvalue weighted by molar-refractivity contribution is 9.11. The minimum Gasteiger partial charge on any atom is -0.477 e. The van der Waals surface area contributed by atoms with Crippen LogP contribution in [0.15, 0.2) is 22.1 Å². The molecule has 0 radical (unpaired) electrons. The molecule has 2 aromatic heterocycles. The van der Waals surface area contributed by atoms with Crippen molar-refractivity contribution in [2.75, 3.05) is 0 Å². The van der Waals surface area contributed by atoms with E-state index in [1.54, 1.807) is 0 Å². The average Bonchev–Trinajstić information content (AvgIpc) is 2.70. The summed E-state index contributed by atoms with van der Waals surface area (Å²) in [5, 5.41) is 9.46. The fourth-order valence-electron chi connectivity index (χ4n) is 0.916. The molecule has 0 unspecified atom stereocenters. The molecule has 1 N–H and O–H groups in total. The Kier molecular flexibility index (Phi) is 2.66. The normalized spacial score (nSPS) is 10.4. The molecule has 0 bridgehead atoms. The molecule has 2 rings (SSSR count). The second-order valence-electron chi connectivity index (χ2n) is 2.44. The maximum Gasteiger partial charge on any atom is 0.347 e. The van der Waals surface area contributed by atoms with Gasteiger partial charge in [-0.25, -0.2) is 9.78 Å². The molecule has 72 valence electrons. The van der Waals surface area contributed by atoms with Crippen LogP contribution in [0.3, 0.4) is 0 Å². The third kappa shape index (κ3) is 1.87. The van der Waals surface area contributed by atoms with Crippen LogP contribution in [0.2, 0.25) is 0 Å². The van der Waals surface area contributed by atoms with E-state index in [-0.39, 0.29) is 4.88 Å². The molecule has 0 saturated heterocycles. The van der Waals surface area contributed by atoms with Gasteiger partial charge < -0.3 is 5.11 Å². The molecule has 0 amide bonds. The number of thiazole rings is 1. The van der Waals surface area contributed by atoms with Crippen LogP contribution < -0.4 is 0 Å². The van der Waals surface area contributed by atoms with Crippen LogP contribution in [-0.4, -0.2) is 16.1 Å². The predicted octanol–water partition coefficient (Wildman–Crippen LogP) is 3.33. The highest BCUT2D eigenvalue weighted by atomic mass is 79.9. The largest absolute Gasteiger partial charge is 0.477 e. The Balaban J connectivity index is 2.38. The molecular weight excluding hydrogens is 286 g/mol. The lowest BCUT2D eigenvalue weighted by atomic mass is 10.5. The van der Waals surface area contributed by atoms with Crippen molar-refractivity contribution in [3.63, 3.8) is 0 Å². The van der Waals surface area contributed by atoms with Crippen molar-refractivity contribution in [1.82, 2.24) is 4.98 Å². The standard InChI is InChI=1S/C8H4BrNO2S2/c9-6-2-1-4(13-6)7-10-3-5(14-7)8(11)12/h1-3H,(H,11,12). The number of halogens is 1. The van der Waals surface area contributed by atoms with E-state index in [9.17, 15) is 4.79 Å². The molecule has 0 fully saturated rings. The number of hydrogen-bond donors (Lipinski definition) is 1. The lowest BCUT2D eigenvalue weighted by Crippen LogP contribution is -1.89. The molecule has 0 aliphatic rings. The first-order valence-corrected chi connectivity index (χ1v) is 6.04. The SMILES string of the molecule is O=C(O)c1cnc(-c2ccc(Br)s2)s1. The number of hydrogen-bond acceptors (Lipinski definition) is 4. The van der Waals surface area contributed by atoms with Gasteiger partial charge >= 0.3 is 5.97 Å². The number of aromatic nitrogens is 1. The lowest BCUT2D eigenvalue weighted by molar-refractivity contribution is 0.0702. The van der Waals surface area contributed by atoms with Crippen molar-refractivity contribution in [3.05, 3.63) is 27.0 Å². The maximum atomic E-state index is 10.6. The Morgan fingerprint density at radius 1 is 1.43 bits per heavy atom. The van der Waals surface area contributed by atoms with Crippen molar-refractivity contribution < 1.29 is 9.90 Å². The second-order valence-corrected chi connectivity index (χ2v) is 5.93. The fraction of sp³-hybridized carbons (Fsp3) is 0. The highest BCUT2D eigenvalue weighted by Crippen LogP contribution is 2.33. The van der Waals surface area contributed by atoms with Crippen LogP contribution in [0.1, 0.15) is 9.67 Å². The minimum atomic E-state index is -0.927. The second kappa shape index (κ2) is 3.80. The summed E-state index contributed by atoms with van der Waals surface area (Å²) in [5.41, 5.74) is 0. The summed E-state index contributed by atoms with van der Waals surface area (Å²) in [4.78, 5) is 15.9. The molecule has 14 heavy (non-hydrogen) atoms. The Morgan fingerprint density at radius 3 is 2.71 bits per heavy atom. The first-order chi connectivity index (χ1) is 6.66. The van der Waals surface area contributed by atoms with Gasteiger partial charge in [0.05, 0.1) is 14.9 Å². The molecule has 0 spiro atoms. The van der Waals surface area contributed by atoms with E-state index < -0.39 is 5.97 Å². The van der Waals surface area contributed by atoms with Gasteiger partial charge in [-0.2, -0.15) is 0 Å². The van der Waals surface area contributed by atoms with Gasteiger partial charge in [-0.05, 0) is 28.1 Å². The Labute approximate surface area is 96.2 Å². The van der Waals surface area contributed by atoms with Gasteiger partial charge in [0.25, 0.3) is 0 Å². The average molecular weight is 290 g/mol. The summed E-state index contributed by atoms with van der Waals surface area (Å²) in [6.07, 6.45) is 1.38. The molecule has 2 heterocycles. The molecule has 6 heteroatoms. The topological polar surface area (TPSA) is 50.2 Å². The number of aromatic carboxylic acids is 1. The van der Waals surface area contributed by atoms with E-state index in [0.29, 0.717) is 0 Å². The van der Waals surface area contributed by atoms with Gasteiger partial charge in [0.15, 0.2) is 0 Å². The Morgan fingerprint density at radius 2 is 2.21 bits per heavy atom. The molecular formula is C8H4BrNO2S2. The van der Waals surface area contributed by atoms with E-state index in [1.807, 2.05) is 12.1 Å². The van der Waals surface area contributed by atoms with Crippen LogP contribution in [0, 0.1) is 0 Å². The van der Waals surface area contributed by atoms with Crippen LogP contribution in [0.4, 0.5) is 0 Å². The predicted molar refractivity (Wildman–Crippen MR) is 60.1 cm³/mol. The van der Waals surface area contributed by atoms with E-state index in [0.717, 1.165) is 13.7 Å². The Hall–Kier alpha value is -0.720. The summed E-state index contributed by atoms with van der Waals surface area (Å²) >= 11 is 6.07. The summed E-state index contributed by atoms with van der Waals surface area (Å²) in [5.74, 6) is -0.927. The first kappa shape index (κ1) is 9.82. The van der Waals surface area contributed by atoms with Gasteiger partial charge in [-0.3, -0.25) is 0 Å². The van der Waals surface area contributed by atoms with E-state index >= 15 is 0 Å². The maximum absolute atomic E-state index is 10.6. The van der Waals surface area contributed by atoms with Crippen LogP contribution in [-0.2, 0) is 0 Å². The smallest absolute Gasteiger partial charge is 0.347 e. The van der Waals surface area contributed by atoms with E-state index in [2.05, 4.69) is 20.9 Å². The van der Waals surface area contributed by atoms with Crippen molar-refractivity contribution in [2.45, 2.75) is 0 Å². The van der Waals surface area contributed by atoms with Gasteiger partial charge in [-0.1, -0.05) is 0 Å². The Bertz CT molecular complexity index is 477. The number of carboxylic acid groups (broad SMARTS) is 1. The summed E-state index contributed by atoms with van der Waals surface area (Å²) in [6.45, 7) is 0. The van der Waals surface area contributed by atoms with Gasteiger partial charge in [-0.15, -0.1) is 22.7 Å². The van der Waals surface area contributed by atoms with Crippen molar-refractivity contribution in [1.29, 1.82) is 0 Å². The van der Waals surface area contributed by atoms with Crippen LogP contribution in [0.25, 0.3) is 9.88 Å². The number of carboxylic acids is 1. The molecule has 0 aliphatic carbocycles. The van der Waals surface area contributed by atoms with Crippen molar-refractivity contribution in [2.24, 2.45) is 0 Å². The van der Waals surface area contributed by atoms with E-state index in [4.69, 9.17) is 5.11 Å². The molecule has 2 aromatic rings. The first-order valence-electron chi connectivity index (χ1n) is 3.61. The van der Waals surface area contributed by atoms with Crippen molar-refractivity contribution in [3.8, 4) is 9.88 Å². The summed E-state index contributed by atoms with van der Waals surface area (Å²) < 4.78 is 1.01.